The molecule has 0 saturated heterocycles. The summed E-state index contributed by atoms with van der Waals surface area (Å²) >= 11 is 18.3. The number of aliphatic hydroxyl groups excluding tert-OH is 1. The molecule has 6 heteroatoms. The predicted octanol–water partition coefficient (Wildman–Crippen LogP) is 9.28. The van der Waals surface area contributed by atoms with E-state index in [0.717, 1.165) is 18.7 Å². The van der Waals surface area contributed by atoms with Gasteiger partial charge in [0.25, 0.3) is 0 Å². The Bertz CT molecular complexity index is 520. The second-order valence-corrected chi connectivity index (χ2v) is 9.34. The Labute approximate surface area is 210 Å². The lowest BCUT2D eigenvalue weighted by Gasteiger charge is -2.25. The van der Waals surface area contributed by atoms with Gasteiger partial charge >= 0.3 is 0 Å². The number of hydrogen-bond acceptors (Lipinski definition) is 2. The van der Waals surface area contributed by atoms with Crippen molar-refractivity contribution in [3.8, 4) is 0 Å². The summed E-state index contributed by atoms with van der Waals surface area (Å²) in [5, 5.41) is 11.9. The minimum atomic E-state index is -0.609. The maximum absolute atomic E-state index is 10.8. The van der Waals surface area contributed by atoms with Gasteiger partial charge in [0.15, 0.2) is 0 Å². The average Bonchev–Trinajstić information content (AvgIpc) is 2.70. The minimum absolute atomic E-state index is 0. The van der Waals surface area contributed by atoms with E-state index in [0.29, 0.717) is 21.6 Å². The van der Waals surface area contributed by atoms with E-state index in [9.17, 15) is 5.11 Å². The van der Waals surface area contributed by atoms with Crippen molar-refractivity contribution in [3.63, 3.8) is 0 Å². The first-order chi connectivity index (χ1) is 14.0. The number of nitrogens with zero attached hydrogens (tertiary/aromatic N) is 1. The lowest BCUT2D eigenvalue weighted by atomic mass is 10.1. The van der Waals surface area contributed by atoms with Gasteiger partial charge in [-0.05, 0) is 43.6 Å². The van der Waals surface area contributed by atoms with E-state index >= 15 is 0 Å². The summed E-state index contributed by atoms with van der Waals surface area (Å²) in [7, 11) is 0. The monoisotopic (exact) mass is 543 g/mol. The molecule has 30 heavy (non-hydrogen) atoms. The highest BCUT2D eigenvalue weighted by molar-refractivity contribution is 8.93. The number of aliphatic hydroxyl groups is 1. The van der Waals surface area contributed by atoms with Gasteiger partial charge in [-0.3, -0.25) is 0 Å². The molecule has 1 aromatic rings. The van der Waals surface area contributed by atoms with Crippen molar-refractivity contribution >= 4 is 51.8 Å². The van der Waals surface area contributed by atoms with Crippen molar-refractivity contribution in [2.45, 2.75) is 97.0 Å². The minimum Gasteiger partial charge on any atom is -0.387 e. The zero-order valence-corrected chi connectivity index (χ0v) is 22.8. The number of hydrogen-bond donors (Lipinski definition) is 1. The summed E-state index contributed by atoms with van der Waals surface area (Å²) < 4.78 is 0. The molecule has 0 saturated carbocycles. The third kappa shape index (κ3) is 13.1. The number of halogens is 4. The van der Waals surface area contributed by atoms with Crippen LogP contribution >= 0.6 is 51.8 Å². The zero-order valence-electron chi connectivity index (χ0n) is 18.8. The van der Waals surface area contributed by atoms with E-state index in [-0.39, 0.29) is 17.0 Å². The zero-order chi connectivity index (χ0) is 21.5. The molecule has 0 heterocycles. The molecule has 1 rings (SSSR count). The highest BCUT2D eigenvalue weighted by Gasteiger charge is 2.16. The summed E-state index contributed by atoms with van der Waals surface area (Å²) in [5.41, 5.74) is 0.736. The maximum Gasteiger partial charge on any atom is 0.0917 e. The van der Waals surface area contributed by atoms with Gasteiger partial charge in [0.2, 0.25) is 0 Å². The summed E-state index contributed by atoms with van der Waals surface area (Å²) in [5.74, 6) is 0. The molecule has 0 radical (unpaired) electrons. The normalized spacial score (nSPS) is 12.2. The van der Waals surface area contributed by atoms with Crippen LogP contribution in [0.1, 0.15) is 103 Å². The van der Waals surface area contributed by atoms with E-state index < -0.39 is 6.10 Å². The second-order valence-electron chi connectivity index (χ2n) is 8.15. The summed E-state index contributed by atoms with van der Waals surface area (Å²) in [6.45, 7) is 7.18. The van der Waals surface area contributed by atoms with Crippen molar-refractivity contribution < 1.29 is 5.11 Å². The fraction of sp³-hybridized carbons (Fsp3) is 0.750. The van der Waals surface area contributed by atoms with Crippen LogP contribution in [0.25, 0.3) is 0 Å². The lowest BCUT2D eigenvalue weighted by molar-refractivity contribution is 0.110. The maximum atomic E-state index is 10.8. The quantitative estimate of drug-likeness (QED) is 0.156. The van der Waals surface area contributed by atoms with Crippen molar-refractivity contribution in [2.75, 3.05) is 19.6 Å². The Morgan fingerprint density at radius 1 is 0.733 bits per heavy atom. The molecule has 2 nitrogen and oxygen atoms in total. The van der Waals surface area contributed by atoms with Gasteiger partial charge in [-0.1, -0.05) is 113 Å². The van der Waals surface area contributed by atoms with Crippen LogP contribution in [0.4, 0.5) is 0 Å². The molecule has 1 unspecified atom stereocenters. The molecule has 0 bridgehead atoms. The highest BCUT2D eigenvalue weighted by atomic mass is 79.9. The fourth-order valence-corrected chi connectivity index (χ4v) is 4.26. The van der Waals surface area contributed by atoms with Crippen LogP contribution in [0.2, 0.25) is 15.1 Å². The molecule has 176 valence electrons. The fourth-order valence-electron chi connectivity index (χ4n) is 3.64. The Balaban J connectivity index is 0.00000841. The second kappa shape index (κ2) is 19.0. The third-order valence-electron chi connectivity index (χ3n) is 5.48. The molecule has 1 aromatic carbocycles. The molecule has 0 spiro atoms. The summed E-state index contributed by atoms with van der Waals surface area (Å²) in [6, 6.07) is 3.46. The summed E-state index contributed by atoms with van der Waals surface area (Å²) in [4.78, 5) is 2.40. The number of rotatable bonds is 17. The first-order valence-electron chi connectivity index (χ1n) is 11.5. The molecule has 0 aliphatic heterocycles. The van der Waals surface area contributed by atoms with Crippen LogP contribution in [0, 0.1) is 0 Å². The highest BCUT2D eigenvalue weighted by Crippen LogP contribution is 2.33. The van der Waals surface area contributed by atoms with Crippen molar-refractivity contribution in [3.05, 3.63) is 32.8 Å². The standard InChI is InChI=1S/C24H40Cl3NO.BrH/c1-3-5-7-9-11-13-15-28(16-14-12-10-8-6-4-2)19-23(29)20-17-21(25)24(27)22(26)18-20;/h17-18,23,29H,3-16,19H2,1-2H3;1H. The van der Waals surface area contributed by atoms with E-state index in [4.69, 9.17) is 34.8 Å². The van der Waals surface area contributed by atoms with Gasteiger partial charge in [-0.15, -0.1) is 17.0 Å². The first kappa shape index (κ1) is 30.5. The van der Waals surface area contributed by atoms with Crippen molar-refractivity contribution in [1.29, 1.82) is 0 Å². The molecular formula is C24H41BrCl3NO. The SMILES string of the molecule is Br.CCCCCCCCN(CCCCCCCC)CC(O)c1cc(Cl)c(Cl)c(Cl)c1. The lowest BCUT2D eigenvalue weighted by Crippen LogP contribution is -2.31. The van der Waals surface area contributed by atoms with Crippen molar-refractivity contribution in [2.24, 2.45) is 0 Å². The van der Waals surface area contributed by atoms with Gasteiger partial charge in [0.05, 0.1) is 21.2 Å². The van der Waals surface area contributed by atoms with Crippen LogP contribution in [0.15, 0.2) is 12.1 Å². The van der Waals surface area contributed by atoms with Crippen LogP contribution in [-0.4, -0.2) is 29.6 Å². The van der Waals surface area contributed by atoms with Gasteiger partial charge in [0.1, 0.15) is 0 Å². The van der Waals surface area contributed by atoms with Crippen LogP contribution in [0.5, 0.6) is 0 Å². The average molecular weight is 546 g/mol. The molecular weight excluding hydrogens is 505 g/mol. The van der Waals surface area contributed by atoms with Crippen molar-refractivity contribution in [1.82, 2.24) is 4.90 Å². The smallest absolute Gasteiger partial charge is 0.0917 e. The van der Waals surface area contributed by atoms with Gasteiger partial charge < -0.3 is 10.0 Å². The molecule has 0 aromatic heterocycles. The Morgan fingerprint density at radius 3 is 1.57 bits per heavy atom. The Morgan fingerprint density at radius 2 is 1.13 bits per heavy atom. The third-order valence-corrected chi connectivity index (χ3v) is 6.67. The Hall–Kier alpha value is 0.490. The van der Waals surface area contributed by atoms with Gasteiger partial charge in [0, 0.05) is 6.54 Å². The number of unbranched alkanes of at least 4 members (excludes halogenated alkanes) is 10. The van der Waals surface area contributed by atoms with Gasteiger partial charge in [-0.25, -0.2) is 0 Å². The van der Waals surface area contributed by atoms with E-state index in [2.05, 4.69) is 18.7 Å². The topological polar surface area (TPSA) is 23.5 Å². The van der Waals surface area contributed by atoms with Crippen LogP contribution in [-0.2, 0) is 0 Å². The van der Waals surface area contributed by atoms with E-state index in [1.807, 2.05) is 0 Å². The molecule has 0 aliphatic rings. The number of benzene rings is 1. The Kier molecular flexibility index (Phi) is 19.3. The molecule has 0 aliphatic carbocycles. The molecule has 0 fully saturated rings. The van der Waals surface area contributed by atoms with E-state index in [1.54, 1.807) is 12.1 Å². The van der Waals surface area contributed by atoms with Crippen LogP contribution in [0.3, 0.4) is 0 Å². The van der Waals surface area contributed by atoms with Crippen LogP contribution < -0.4 is 0 Å². The predicted molar refractivity (Wildman–Crippen MR) is 140 cm³/mol. The molecule has 1 atom stereocenters. The summed E-state index contributed by atoms with van der Waals surface area (Å²) in [6.07, 6.45) is 14.8. The van der Waals surface area contributed by atoms with Gasteiger partial charge in [-0.2, -0.15) is 0 Å². The molecule has 0 amide bonds. The first-order valence-corrected chi connectivity index (χ1v) is 12.7. The van der Waals surface area contributed by atoms with E-state index in [1.165, 1.54) is 77.0 Å². The molecule has 1 N–H and O–H groups in total. The largest absolute Gasteiger partial charge is 0.387 e.